The molecule has 0 spiro atoms. The van der Waals surface area contributed by atoms with Gasteiger partial charge in [-0.15, -0.1) is 0 Å². The van der Waals surface area contributed by atoms with Crippen LogP contribution >= 0.6 is 11.6 Å². The van der Waals surface area contributed by atoms with Crippen LogP contribution in [0.15, 0.2) is 78.9 Å². The van der Waals surface area contributed by atoms with Crippen molar-refractivity contribution < 1.29 is 18.0 Å². The van der Waals surface area contributed by atoms with Gasteiger partial charge in [-0.3, -0.25) is 13.9 Å². The lowest BCUT2D eigenvalue weighted by Crippen LogP contribution is -2.52. The molecular weight excluding hydrogens is 570 g/mol. The molecule has 1 saturated carbocycles. The number of aryl methyl sites for hydroxylation is 1. The van der Waals surface area contributed by atoms with E-state index in [1.54, 1.807) is 29.2 Å². The quantitative estimate of drug-likeness (QED) is 0.262. The van der Waals surface area contributed by atoms with Gasteiger partial charge < -0.3 is 10.2 Å². The van der Waals surface area contributed by atoms with Crippen LogP contribution < -0.4 is 9.62 Å². The van der Waals surface area contributed by atoms with Gasteiger partial charge in [-0.1, -0.05) is 84.6 Å². The van der Waals surface area contributed by atoms with Crippen molar-refractivity contribution >= 4 is 39.1 Å². The Kier molecular flexibility index (Phi) is 11.0. The fourth-order valence-corrected chi connectivity index (χ4v) is 6.65. The Morgan fingerprint density at radius 1 is 0.952 bits per heavy atom. The summed E-state index contributed by atoms with van der Waals surface area (Å²) in [6.45, 7) is 2.30. The number of nitrogens with one attached hydrogen (secondary N) is 1. The average Bonchev–Trinajstić information content (AvgIpc) is 3.46. The fourth-order valence-electron chi connectivity index (χ4n) is 5.47. The summed E-state index contributed by atoms with van der Waals surface area (Å²) in [6.07, 6.45) is 5.95. The summed E-state index contributed by atoms with van der Waals surface area (Å²) in [5, 5.41) is 3.76. The maximum Gasteiger partial charge on any atom is 0.243 e. The number of amides is 2. The third kappa shape index (κ3) is 9.07. The van der Waals surface area contributed by atoms with E-state index in [0.29, 0.717) is 23.6 Å². The molecule has 2 amide bonds. The molecule has 0 aliphatic heterocycles. The van der Waals surface area contributed by atoms with Crippen LogP contribution in [0.25, 0.3) is 0 Å². The number of benzene rings is 3. The third-order valence-electron chi connectivity index (χ3n) is 7.69. The van der Waals surface area contributed by atoms with Gasteiger partial charge in [-0.2, -0.15) is 0 Å². The second kappa shape index (κ2) is 14.7. The summed E-state index contributed by atoms with van der Waals surface area (Å²) in [6, 6.07) is 23.6. The molecule has 0 saturated heterocycles. The predicted molar refractivity (Wildman–Crippen MR) is 169 cm³/mol. The normalized spacial score (nSPS) is 14.4. The molecule has 7 nitrogen and oxygen atoms in total. The molecule has 0 bridgehead atoms. The maximum absolute atomic E-state index is 14.0. The summed E-state index contributed by atoms with van der Waals surface area (Å²) >= 11 is 6.28. The van der Waals surface area contributed by atoms with E-state index in [1.165, 1.54) is 10.6 Å². The van der Waals surface area contributed by atoms with Crippen LogP contribution in [0, 0.1) is 6.92 Å². The first-order valence-electron chi connectivity index (χ1n) is 14.5. The largest absolute Gasteiger partial charge is 0.352 e. The van der Waals surface area contributed by atoms with Gasteiger partial charge in [0.25, 0.3) is 0 Å². The van der Waals surface area contributed by atoms with E-state index in [4.69, 9.17) is 11.6 Å². The average molecular weight is 610 g/mol. The lowest BCUT2D eigenvalue weighted by molar-refractivity contribution is -0.141. The zero-order valence-corrected chi connectivity index (χ0v) is 25.9. The number of hydrogen-bond acceptors (Lipinski definition) is 4. The number of carbonyl (C=O) groups excluding carboxylic acids is 2. The van der Waals surface area contributed by atoms with Crippen LogP contribution in [0.1, 0.15) is 55.2 Å². The maximum atomic E-state index is 14.0. The number of carbonyl (C=O) groups is 2. The molecule has 0 radical (unpaired) electrons. The molecule has 0 aromatic heterocycles. The molecule has 4 rings (SSSR count). The number of hydrogen-bond donors (Lipinski definition) is 1. The molecule has 1 N–H and O–H groups in total. The Labute approximate surface area is 254 Å². The molecule has 1 aliphatic carbocycles. The molecule has 42 heavy (non-hydrogen) atoms. The molecule has 3 aromatic rings. The molecule has 1 fully saturated rings. The Bertz CT molecular complexity index is 1440. The monoisotopic (exact) mass is 609 g/mol. The predicted octanol–water partition coefficient (Wildman–Crippen LogP) is 5.89. The first-order chi connectivity index (χ1) is 20.1. The second-order valence-electron chi connectivity index (χ2n) is 11.1. The standard InChI is InChI=1S/C33H40ClN3O4S/c1-25-17-19-30(20-18-25)37(42(2,40)41)21-9-16-32(38)36(24-27-12-8-13-28(34)22-27)31(23-26-10-4-3-5-11-26)33(39)35-29-14-6-7-15-29/h3-5,8,10-13,17-20,22,29,31H,6-7,9,14-16,21,23-24H2,1-2H3,(H,35,39)/t31-/m0/s1. The van der Waals surface area contributed by atoms with Crippen molar-refractivity contribution in [3.63, 3.8) is 0 Å². The summed E-state index contributed by atoms with van der Waals surface area (Å²) in [5.41, 5.74) is 3.36. The summed E-state index contributed by atoms with van der Waals surface area (Å²) in [4.78, 5) is 29.4. The number of halogens is 1. The molecule has 1 aliphatic rings. The van der Waals surface area contributed by atoms with E-state index in [9.17, 15) is 18.0 Å². The Hall–Kier alpha value is -3.36. The fraction of sp³-hybridized carbons (Fsp3) is 0.394. The highest BCUT2D eigenvalue weighted by Gasteiger charge is 2.32. The minimum Gasteiger partial charge on any atom is -0.352 e. The number of rotatable bonds is 13. The van der Waals surface area contributed by atoms with E-state index in [-0.39, 0.29) is 37.4 Å². The smallest absolute Gasteiger partial charge is 0.243 e. The zero-order chi connectivity index (χ0) is 30.1. The number of nitrogens with zero attached hydrogens (tertiary/aromatic N) is 2. The minimum atomic E-state index is -3.56. The molecule has 3 aromatic carbocycles. The van der Waals surface area contributed by atoms with Crippen molar-refractivity contribution in [2.75, 3.05) is 17.1 Å². The van der Waals surface area contributed by atoms with Crippen LogP contribution in [-0.4, -0.2) is 50.0 Å². The van der Waals surface area contributed by atoms with Gasteiger partial charge in [0.1, 0.15) is 6.04 Å². The highest BCUT2D eigenvalue weighted by atomic mass is 35.5. The van der Waals surface area contributed by atoms with Gasteiger partial charge in [0, 0.05) is 37.0 Å². The summed E-state index contributed by atoms with van der Waals surface area (Å²) in [7, 11) is -3.56. The van der Waals surface area contributed by atoms with Crippen molar-refractivity contribution in [1.82, 2.24) is 10.2 Å². The first kappa shape index (κ1) is 31.6. The van der Waals surface area contributed by atoms with Gasteiger partial charge in [-0.05, 0) is 61.6 Å². The van der Waals surface area contributed by atoms with E-state index >= 15 is 0 Å². The molecule has 0 unspecified atom stereocenters. The van der Waals surface area contributed by atoms with Gasteiger partial charge in [0.2, 0.25) is 21.8 Å². The molecule has 0 heterocycles. The van der Waals surface area contributed by atoms with E-state index < -0.39 is 16.1 Å². The molecule has 224 valence electrons. The second-order valence-corrected chi connectivity index (χ2v) is 13.5. The van der Waals surface area contributed by atoms with E-state index in [0.717, 1.165) is 42.4 Å². The van der Waals surface area contributed by atoms with Crippen LogP contribution in [0.4, 0.5) is 5.69 Å². The van der Waals surface area contributed by atoms with Gasteiger partial charge in [0.15, 0.2) is 0 Å². The van der Waals surface area contributed by atoms with E-state index in [1.807, 2.05) is 61.5 Å². The van der Waals surface area contributed by atoms with Crippen LogP contribution in [0.3, 0.4) is 0 Å². The lowest BCUT2D eigenvalue weighted by atomic mass is 10.0. The molecule has 9 heteroatoms. The first-order valence-corrected chi connectivity index (χ1v) is 16.8. The van der Waals surface area contributed by atoms with Crippen molar-refractivity contribution in [3.05, 3.63) is 101 Å². The Balaban J connectivity index is 1.58. The number of anilines is 1. The van der Waals surface area contributed by atoms with Crippen LogP contribution in [0.2, 0.25) is 5.02 Å². The van der Waals surface area contributed by atoms with Crippen molar-refractivity contribution in [2.24, 2.45) is 0 Å². The van der Waals surface area contributed by atoms with Crippen molar-refractivity contribution in [1.29, 1.82) is 0 Å². The SMILES string of the molecule is Cc1ccc(N(CCCC(=O)N(Cc2cccc(Cl)c2)[C@@H](Cc2ccccc2)C(=O)NC2CCCC2)S(C)(=O)=O)cc1. The van der Waals surface area contributed by atoms with E-state index in [2.05, 4.69) is 5.32 Å². The van der Waals surface area contributed by atoms with Gasteiger partial charge in [0.05, 0.1) is 11.9 Å². The summed E-state index contributed by atoms with van der Waals surface area (Å²) in [5.74, 6) is -0.381. The molecular formula is C33H40ClN3O4S. The van der Waals surface area contributed by atoms with Gasteiger partial charge in [-0.25, -0.2) is 8.42 Å². The highest BCUT2D eigenvalue weighted by Crippen LogP contribution is 2.23. The Morgan fingerprint density at radius 2 is 1.62 bits per heavy atom. The topological polar surface area (TPSA) is 86.8 Å². The summed E-state index contributed by atoms with van der Waals surface area (Å²) < 4.78 is 26.6. The number of sulfonamides is 1. The van der Waals surface area contributed by atoms with Gasteiger partial charge >= 0.3 is 0 Å². The van der Waals surface area contributed by atoms with Crippen molar-refractivity contribution in [2.45, 2.75) is 70.5 Å². The zero-order valence-electron chi connectivity index (χ0n) is 24.3. The highest BCUT2D eigenvalue weighted by molar-refractivity contribution is 7.92. The lowest BCUT2D eigenvalue weighted by Gasteiger charge is -2.33. The van der Waals surface area contributed by atoms with Crippen LogP contribution in [0.5, 0.6) is 0 Å². The van der Waals surface area contributed by atoms with Crippen LogP contribution in [-0.2, 0) is 32.6 Å². The van der Waals surface area contributed by atoms with Crippen molar-refractivity contribution in [3.8, 4) is 0 Å². The minimum absolute atomic E-state index is 0.0838. The molecule has 1 atom stereocenters. The third-order valence-corrected chi connectivity index (χ3v) is 9.12. The Morgan fingerprint density at radius 3 is 2.26 bits per heavy atom.